The van der Waals surface area contributed by atoms with Crippen molar-refractivity contribution in [3.63, 3.8) is 0 Å². The van der Waals surface area contributed by atoms with E-state index in [1.54, 1.807) is 50.2 Å². The van der Waals surface area contributed by atoms with Gasteiger partial charge in [0.2, 0.25) is 5.91 Å². The maximum atomic E-state index is 12.3. The summed E-state index contributed by atoms with van der Waals surface area (Å²) in [6, 6.07) is 14.5. The molecule has 0 fully saturated rings. The number of amides is 1. The van der Waals surface area contributed by atoms with Crippen LogP contribution in [0.2, 0.25) is 0 Å². The highest BCUT2D eigenvalue weighted by atomic mass is 16.5. The van der Waals surface area contributed by atoms with E-state index in [9.17, 15) is 9.59 Å². The topological polar surface area (TPSA) is 67.9 Å². The van der Waals surface area contributed by atoms with Crippen LogP contribution >= 0.6 is 0 Å². The van der Waals surface area contributed by atoms with Crippen LogP contribution in [-0.4, -0.2) is 44.1 Å². The zero-order valence-corrected chi connectivity index (χ0v) is 15.3. The lowest BCUT2D eigenvalue weighted by molar-refractivity contribution is -0.128. The summed E-state index contributed by atoms with van der Waals surface area (Å²) in [7, 11) is 3.36. The number of carbonyl (C=O) groups excluding carboxylic acids is 2. The second-order valence-electron chi connectivity index (χ2n) is 5.71. The highest BCUT2D eigenvalue weighted by Gasteiger charge is 2.12. The van der Waals surface area contributed by atoms with Crippen molar-refractivity contribution in [2.75, 3.05) is 32.6 Å². The fourth-order valence-electron chi connectivity index (χ4n) is 2.43. The number of likely N-dealkylation sites (N-methyl/N-ethyl adjacent to an activating group) is 1. The van der Waals surface area contributed by atoms with Gasteiger partial charge in [-0.05, 0) is 37.3 Å². The molecule has 1 amide bonds. The molecule has 1 N–H and O–H groups in total. The Kier molecular flexibility index (Phi) is 7.02. The third-order valence-corrected chi connectivity index (χ3v) is 3.87. The summed E-state index contributed by atoms with van der Waals surface area (Å²) in [5.41, 5.74) is 2.19. The van der Waals surface area contributed by atoms with Gasteiger partial charge in [-0.15, -0.1) is 0 Å². The Morgan fingerprint density at radius 2 is 1.77 bits per heavy atom. The Morgan fingerprint density at radius 1 is 1.08 bits per heavy atom. The van der Waals surface area contributed by atoms with Gasteiger partial charge in [-0.2, -0.15) is 0 Å². The van der Waals surface area contributed by atoms with E-state index in [1.807, 2.05) is 24.3 Å². The first-order chi connectivity index (χ1) is 12.5. The highest BCUT2D eigenvalue weighted by Crippen LogP contribution is 2.18. The summed E-state index contributed by atoms with van der Waals surface area (Å²) in [4.78, 5) is 25.6. The molecule has 0 atom stereocenters. The predicted octanol–water partition coefficient (Wildman–Crippen LogP) is 2.94. The fraction of sp³-hybridized carbons (Fsp3) is 0.300. The van der Waals surface area contributed by atoms with Gasteiger partial charge in [0.1, 0.15) is 5.75 Å². The molecule has 0 aliphatic rings. The largest absolute Gasteiger partial charge is 0.496 e. The van der Waals surface area contributed by atoms with Gasteiger partial charge in [0.15, 0.2) is 0 Å². The molecule has 0 aromatic heterocycles. The molecule has 0 aliphatic heterocycles. The molecule has 0 aliphatic carbocycles. The van der Waals surface area contributed by atoms with Crippen LogP contribution in [0.1, 0.15) is 22.8 Å². The molecule has 0 spiro atoms. The smallest absolute Gasteiger partial charge is 0.338 e. The molecule has 0 heterocycles. The molecular formula is C20H24N2O4. The van der Waals surface area contributed by atoms with Crippen LogP contribution in [0.25, 0.3) is 0 Å². The quantitative estimate of drug-likeness (QED) is 0.737. The summed E-state index contributed by atoms with van der Waals surface area (Å²) >= 11 is 0. The Labute approximate surface area is 153 Å². The number of hydrogen-bond acceptors (Lipinski definition) is 5. The first kappa shape index (κ1) is 19.3. The highest BCUT2D eigenvalue weighted by molar-refractivity contribution is 5.90. The summed E-state index contributed by atoms with van der Waals surface area (Å²) in [6.07, 6.45) is 0. The summed E-state index contributed by atoms with van der Waals surface area (Å²) < 4.78 is 10.3. The van der Waals surface area contributed by atoms with Crippen molar-refractivity contribution >= 4 is 17.6 Å². The summed E-state index contributed by atoms with van der Waals surface area (Å²) in [5.74, 6) is 0.353. The lowest BCUT2D eigenvalue weighted by Gasteiger charge is -2.19. The minimum Gasteiger partial charge on any atom is -0.496 e. The van der Waals surface area contributed by atoms with Gasteiger partial charge >= 0.3 is 5.97 Å². The molecule has 6 heteroatoms. The van der Waals surface area contributed by atoms with E-state index in [0.29, 0.717) is 18.7 Å². The number of nitrogens with one attached hydrogen (secondary N) is 1. The van der Waals surface area contributed by atoms with Gasteiger partial charge in [0, 0.05) is 24.8 Å². The number of benzene rings is 2. The van der Waals surface area contributed by atoms with Gasteiger partial charge in [0.05, 0.1) is 25.8 Å². The summed E-state index contributed by atoms with van der Waals surface area (Å²) in [5, 5.41) is 3.06. The second-order valence-corrected chi connectivity index (χ2v) is 5.71. The number of nitrogens with zero attached hydrogens (tertiary/aromatic N) is 1. The molecule has 2 aromatic carbocycles. The minimum absolute atomic E-state index is 0.0506. The molecule has 0 saturated heterocycles. The van der Waals surface area contributed by atoms with Crippen LogP contribution in [0, 0.1) is 0 Å². The second kappa shape index (κ2) is 9.46. The number of ether oxygens (including phenoxy) is 2. The van der Waals surface area contributed by atoms with E-state index >= 15 is 0 Å². The number of rotatable bonds is 8. The van der Waals surface area contributed by atoms with E-state index in [4.69, 9.17) is 9.47 Å². The average molecular weight is 356 g/mol. The Hall–Kier alpha value is -3.02. The molecule has 0 saturated carbocycles. The van der Waals surface area contributed by atoms with Gasteiger partial charge in [0.25, 0.3) is 0 Å². The third-order valence-electron chi connectivity index (χ3n) is 3.87. The number of para-hydroxylation sites is 1. The van der Waals surface area contributed by atoms with Crippen molar-refractivity contribution in [1.82, 2.24) is 4.90 Å². The SMILES string of the molecule is CCOC(=O)c1ccc(NCC(=O)N(C)Cc2ccccc2OC)cc1. The lowest BCUT2D eigenvalue weighted by atomic mass is 10.2. The molecule has 2 rings (SSSR count). The zero-order valence-electron chi connectivity index (χ0n) is 15.3. The molecular weight excluding hydrogens is 332 g/mol. The van der Waals surface area contributed by atoms with E-state index in [0.717, 1.165) is 17.0 Å². The van der Waals surface area contributed by atoms with Crippen LogP contribution in [0.5, 0.6) is 5.75 Å². The van der Waals surface area contributed by atoms with Crippen molar-refractivity contribution in [1.29, 1.82) is 0 Å². The van der Waals surface area contributed by atoms with Crippen molar-refractivity contribution in [2.45, 2.75) is 13.5 Å². The van der Waals surface area contributed by atoms with Gasteiger partial charge in [-0.3, -0.25) is 4.79 Å². The molecule has 26 heavy (non-hydrogen) atoms. The van der Waals surface area contributed by atoms with Crippen LogP contribution < -0.4 is 10.1 Å². The summed E-state index contributed by atoms with van der Waals surface area (Å²) in [6.45, 7) is 2.73. The monoisotopic (exact) mass is 356 g/mol. The maximum Gasteiger partial charge on any atom is 0.338 e. The van der Waals surface area contributed by atoms with Crippen LogP contribution in [0.4, 0.5) is 5.69 Å². The van der Waals surface area contributed by atoms with Crippen LogP contribution in [-0.2, 0) is 16.1 Å². The van der Waals surface area contributed by atoms with Crippen molar-refractivity contribution < 1.29 is 19.1 Å². The van der Waals surface area contributed by atoms with E-state index < -0.39 is 0 Å². The Bertz CT molecular complexity index is 744. The van der Waals surface area contributed by atoms with Crippen molar-refractivity contribution in [3.8, 4) is 5.75 Å². The van der Waals surface area contributed by atoms with Crippen molar-refractivity contribution in [3.05, 3.63) is 59.7 Å². The number of methoxy groups -OCH3 is 1. The number of esters is 1. The molecule has 0 unspecified atom stereocenters. The predicted molar refractivity (Wildman–Crippen MR) is 100 cm³/mol. The first-order valence-corrected chi connectivity index (χ1v) is 8.42. The van der Waals surface area contributed by atoms with Gasteiger partial charge < -0.3 is 19.7 Å². The molecule has 2 aromatic rings. The van der Waals surface area contributed by atoms with Gasteiger partial charge in [-0.25, -0.2) is 4.79 Å². The maximum absolute atomic E-state index is 12.3. The Morgan fingerprint density at radius 3 is 2.42 bits per heavy atom. The normalized spacial score (nSPS) is 10.1. The standard InChI is InChI=1S/C20H24N2O4/c1-4-26-20(24)15-9-11-17(12-10-15)21-13-19(23)22(2)14-16-7-5-6-8-18(16)25-3/h5-12,21H,4,13-14H2,1-3H3. The Balaban J connectivity index is 1.88. The van der Waals surface area contributed by atoms with E-state index in [1.165, 1.54) is 0 Å². The zero-order chi connectivity index (χ0) is 18.9. The van der Waals surface area contributed by atoms with Crippen molar-refractivity contribution in [2.24, 2.45) is 0 Å². The fourth-order valence-corrected chi connectivity index (χ4v) is 2.43. The minimum atomic E-state index is -0.355. The first-order valence-electron chi connectivity index (χ1n) is 8.42. The molecule has 6 nitrogen and oxygen atoms in total. The number of hydrogen-bond donors (Lipinski definition) is 1. The van der Waals surface area contributed by atoms with Crippen LogP contribution in [0.15, 0.2) is 48.5 Å². The molecule has 0 radical (unpaired) electrons. The van der Waals surface area contributed by atoms with Gasteiger partial charge in [-0.1, -0.05) is 18.2 Å². The number of carbonyl (C=O) groups is 2. The van der Waals surface area contributed by atoms with E-state index in [2.05, 4.69) is 5.32 Å². The molecule has 0 bridgehead atoms. The van der Waals surface area contributed by atoms with E-state index in [-0.39, 0.29) is 18.4 Å². The number of anilines is 1. The molecule has 138 valence electrons. The lowest BCUT2D eigenvalue weighted by Crippen LogP contribution is -2.31. The van der Waals surface area contributed by atoms with Crippen LogP contribution in [0.3, 0.4) is 0 Å². The third kappa shape index (κ3) is 5.24. The average Bonchev–Trinajstić information content (AvgIpc) is 2.67.